The molecule has 4 nitrogen and oxygen atoms in total. The van der Waals surface area contributed by atoms with Crippen molar-refractivity contribution in [2.24, 2.45) is 0 Å². The number of hydrogen-bond acceptors (Lipinski definition) is 4. The number of rotatable bonds is 8. The highest BCUT2D eigenvalue weighted by atomic mass is 19.1. The van der Waals surface area contributed by atoms with Gasteiger partial charge in [-0.2, -0.15) is 5.26 Å². The Bertz CT molecular complexity index is 793. The highest BCUT2D eigenvalue weighted by Gasteiger charge is 2.08. The van der Waals surface area contributed by atoms with Gasteiger partial charge in [0.2, 0.25) is 0 Å². The Morgan fingerprint density at radius 1 is 1.20 bits per heavy atom. The number of anilines is 3. The zero-order chi connectivity index (χ0) is 18.2. The summed E-state index contributed by atoms with van der Waals surface area (Å²) in [6.45, 7) is 6.98. The lowest BCUT2D eigenvalue weighted by Gasteiger charge is -2.14. The molecule has 0 fully saturated rings. The van der Waals surface area contributed by atoms with Crippen molar-refractivity contribution in [3.63, 3.8) is 0 Å². The maximum atomic E-state index is 13.9. The van der Waals surface area contributed by atoms with Crippen LogP contribution in [0.1, 0.15) is 37.3 Å². The molecule has 0 amide bonds. The highest BCUT2D eigenvalue weighted by molar-refractivity contribution is 5.80. The average molecular weight is 338 g/mol. The van der Waals surface area contributed by atoms with Gasteiger partial charge in [-0.15, -0.1) is 0 Å². The lowest BCUT2D eigenvalue weighted by Crippen LogP contribution is -2.05. The zero-order valence-corrected chi connectivity index (χ0v) is 14.4. The Morgan fingerprint density at radius 3 is 2.68 bits per heavy atom. The molecule has 0 aliphatic rings. The summed E-state index contributed by atoms with van der Waals surface area (Å²) < 4.78 is 13.9. The smallest absolute Gasteiger partial charge is 0.146 e. The lowest BCUT2D eigenvalue weighted by molar-refractivity contribution is 0.632. The molecule has 0 unspecified atom stereocenters. The van der Waals surface area contributed by atoms with Crippen LogP contribution in [0, 0.1) is 17.1 Å². The maximum absolute atomic E-state index is 13.9. The van der Waals surface area contributed by atoms with Crippen molar-refractivity contribution in [3.05, 3.63) is 59.9 Å². The van der Waals surface area contributed by atoms with Crippen molar-refractivity contribution < 1.29 is 4.39 Å². The van der Waals surface area contributed by atoms with Gasteiger partial charge < -0.3 is 16.4 Å². The molecule has 2 aromatic carbocycles. The Labute approximate surface area is 148 Å². The predicted molar refractivity (Wildman–Crippen MR) is 103 cm³/mol. The van der Waals surface area contributed by atoms with E-state index in [1.807, 2.05) is 18.2 Å². The van der Waals surface area contributed by atoms with Gasteiger partial charge >= 0.3 is 0 Å². The molecular weight excluding hydrogens is 315 g/mol. The van der Waals surface area contributed by atoms with Crippen molar-refractivity contribution in [2.75, 3.05) is 22.9 Å². The van der Waals surface area contributed by atoms with Crippen LogP contribution in [0.4, 0.5) is 21.5 Å². The van der Waals surface area contributed by atoms with E-state index in [0.29, 0.717) is 16.9 Å². The van der Waals surface area contributed by atoms with E-state index in [1.165, 1.54) is 31.0 Å². The summed E-state index contributed by atoms with van der Waals surface area (Å²) in [6, 6.07) is 11.7. The summed E-state index contributed by atoms with van der Waals surface area (Å²) in [5, 5.41) is 15.2. The molecule has 0 spiro atoms. The van der Waals surface area contributed by atoms with Crippen LogP contribution < -0.4 is 16.4 Å². The van der Waals surface area contributed by atoms with Crippen molar-refractivity contribution in [1.29, 1.82) is 5.26 Å². The first-order chi connectivity index (χ1) is 12.0. The standard InChI is InChI=1S/C20H23FN4/c1-3-4-5-10-24-19-9-7-16(12-18(19)23)14(2)25-20-11-15(13-22)6-8-17(20)21/h6-9,11-12,24-25H,2-5,10,23H2,1H3. The second-order valence-electron chi connectivity index (χ2n) is 5.85. The number of benzene rings is 2. The molecule has 130 valence electrons. The molecule has 0 aliphatic carbocycles. The van der Waals surface area contributed by atoms with Crippen LogP contribution in [0.3, 0.4) is 0 Å². The third-order valence-corrected chi connectivity index (χ3v) is 3.88. The molecule has 0 saturated carbocycles. The fourth-order valence-corrected chi connectivity index (χ4v) is 2.43. The van der Waals surface area contributed by atoms with E-state index in [2.05, 4.69) is 24.1 Å². The fourth-order valence-electron chi connectivity index (χ4n) is 2.43. The van der Waals surface area contributed by atoms with Gasteiger partial charge in [0.15, 0.2) is 0 Å². The van der Waals surface area contributed by atoms with E-state index in [9.17, 15) is 4.39 Å². The van der Waals surface area contributed by atoms with Crippen LogP contribution in [0.2, 0.25) is 0 Å². The molecule has 0 atom stereocenters. The number of nitriles is 1. The Kier molecular flexibility index (Phi) is 6.41. The van der Waals surface area contributed by atoms with Gasteiger partial charge in [-0.25, -0.2) is 4.39 Å². The van der Waals surface area contributed by atoms with Gasteiger partial charge in [0.25, 0.3) is 0 Å². The largest absolute Gasteiger partial charge is 0.397 e. The van der Waals surface area contributed by atoms with E-state index < -0.39 is 5.82 Å². The summed E-state index contributed by atoms with van der Waals surface area (Å²) in [5.41, 5.74) is 9.45. The SMILES string of the molecule is C=C(Nc1cc(C#N)ccc1F)c1ccc(NCCCCC)c(N)c1. The van der Waals surface area contributed by atoms with Crippen molar-refractivity contribution in [1.82, 2.24) is 0 Å². The van der Waals surface area contributed by atoms with Crippen LogP contribution in [0.25, 0.3) is 5.70 Å². The van der Waals surface area contributed by atoms with E-state index in [0.717, 1.165) is 24.2 Å². The molecule has 5 heteroatoms. The molecule has 0 saturated heterocycles. The molecule has 0 radical (unpaired) electrons. The van der Waals surface area contributed by atoms with Gasteiger partial charge in [-0.3, -0.25) is 0 Å². The number of nitrogens with one attached hydrogen (secondary N) is 2. The number of nitrogens with zero attached hydrogens (tertiary/aromatic N) is 1. The Morgan fingerprint density at radius 2 is 2.00 bits per heavy atom. The molecule has 0 heterocycles. The lowest BCUT2D eigenvalue weighted by atomic mass is 10.1. The zero-order valence-electron chi connectivity index (χ0n) is 14.4. The van der Waals surface area contributed by atoms with Crippen molar-refractivity contribution in [2.45, 2.75) is 26.2 Å². The first kappa shape index (κ1) is 18.3. The van der Waals surface area contributed by atoms with Crippen LogP contribution in [-0.4, -0.2) is 6.54 Å². The summed E-state index contributed by atoms with van der Waals surface area (Å²) in [5.74, 6) is -0.442. The third kappa shape index (κ3) is 4.98. The predicted octanol–water partition coefficient (Wildman–Crippen LogP) is 4.96. The quantitative estimate of drug-likeness (QED) is 0.469. The van der Waals surface area contributed by atoms with Crippen LogP contribution in [0.5, 0.6) is 0 Å². The average Bonchev–Trinajstić information content (AvgIpc) is 2.61. The summed E-state index contributed by atoms with van der Waals surface area (Å²) in [7, 11) is 0. The number of hydrogen-bond donors (Lipinski definition) is 3. The molecule has 0 aromatic heterocycles. The van der Waals surface area contributed by atoms with Crippen LogP contribution >= 0.6 is 0 Å². The van der Waals surface area contributed by atoms with Gasteiger partial charge in [0.1, 0.15) is 5.82 Å². The molecule has 0 aliphatic heterocycles. The second-order valence-corrected chi connectivity index (χ2v) is 5.85. The van der Waals surface area contributed by atoms with Gasteiger partial charge in [-0.1, -0.05) is 32.4 Å². The molecule has 0 bridgehead atoms. The number of halogens is 1. The van der Waals surface area contributed by atoms with E-state index in [1.54, 1.807) is 6.07 Å². The van der Waals surface area contributed by atoms with E-state index in [-0.39, 0.29) is 5.69 Å². The van der Waals surface area contributed by atoms with E-state index in [4.69, 9.17) is 11.0 Å². The minimum Gasteiger partial charge on any atom is -0.397 e. The first-order valence-corrected chi connectivity index (χ1v) is 8.34. The number of nitrogens with two attached hydrogens (primary N) is 1. The molecule has 2 rings (SSSR count). The molecular formula is C20H23FN4. The monoisotopic (exact) mass is 338 g/mol. The summed E-state index contributed by atoms with van der Waals surface area (Å²) in [6.07, 6.45) is 3.45. The highest BCUT2D eigenvalue weighted by Crippen LogP contribution is 2.26. The van der Waals surface area contributed by atoms with Crippen molar-refractivity contribution in [3.8, 4) is 6.07 Å². The van der Waals surface area contributed by atoms with Crippen molar-refractivity contribution >= 4 is 22.8 Å². The molecule has 4 N–H and O–H groups in total. The second kappa shape index (κ2) is 8.74. The number of nitrogen functional groups attached to an aromatic ring is 1. The van der Waals surface area contributed by atoms with Gasteiger partial charge in [0.05, 0.1) is 28.7 Å². The summed E-state index contributed by atoms with van der Waals surface area (Å²) >= 11 is 0. The minimum atomic E-state index is -0.442. The van der Waals surface area contributed by atoms with Gasteiger partial charge in [0, 0.05) is 12.2 Å². The van der Waals surface area contributed by atoms with E-state index >= 15 is 0 Å². The number of unbranched alkanes of at least 4 members (excludes halogenated alkanes) is 2. The van der Waals surface area contributed by atoms with Crippen LogP contribution in [0.15, 0.2) is 43.0 Å². The Hall–Kier alpha value is -3.00. The minimum absolute atomic E-state index is 0.212. The van der Waals surface area contributed by atoms with Crippen LogP contribution in [-0.2, 0) is 0 Å². The fraction of sp³-hybridized carbons (Fsp3) is 0.250. The Balaban J connectivity index is 2.07. The maximum Gasteiger partial charge on any atom is 0.146 e. The molecule has 25 heavy (non-hydrogen) atoms. The molecule has 2 aromatic rings. The van der Waals surface area contributed by atoms with Gasteiger partial charge in [-0.05, 0) is 42.3 Å². The summed E-state index contributed by atoms with van der Waals surface area (Å²) in [4.78, 5) is 0. The first-order valence-electron chi connectivity index (χ1n) is 8.34. The normalized spacial score (nSPS) is 10.1. The third-order valence-electron chi connectivity index (χ3n) is 3.88. The topological polar surface area (TPSA) is 73.9 Å².